The fraction of sp³-hybridized carbons (Fsp3) is 0.125. The Kier molecular flexibility index (Phi) is 7.72. The Morgan fingerprint density at radius 1 is 0.657 bits per heavy atom. The second kappa shape index (κ2) is 10.4. The van der Waals surface area contributed by atoms with E-state index < -0.39 is 0 Å². The largest absolute Gasteiger partial charge is 2.00 e. The van der Waals surface area contributed by atoms with Gasteiger partial charge in [-0.3, -0.25) is 0 Å². The fourth-order valence-corrected chi connectivity index (χ4v) is 6.26. The van der Waals surface area contributed by atoms with E-state index in [2.05, 4.69) is 109 Å². The SMILES string of the molecule is C1=CC2=c3ccccc3=C(CCC3c4ccccc4-c4c3ccc3ccccc43)C2C=C1.[Cl-].[Cl-].[Zr+2]. The average molecular weight is 571 g/mol. The molecule has 0 radical (unpaired) electrons. The third-order valence-electron chi connectivity index (χ3n) is 7.63. The quantitative estimate of drug-likeness (QED) is 0.337. The maximum atomic E-state index is 2.39. The van der Waals surface area contributed by atoms with E-state index >= 15 is 0 Å². The van der Waals surface area contributed by atoms with Crippen LogP contribution in [0.5, 0.6) is 0 Å². The predicted molar refractivity (Wildman–Crippen MR) is 135 cm³/mol. The Bertz CT molecular complexity index is 1600. The van der Waals surface area contributed by atoms with Crippen LogP contribution in [0.2, 0.25) is 0 Å². The van der Waals surface area contributed by atoms with Crippen molar-refractivity contribution in [1.82, 2.24) is 0 Å². The smallest absolute Gasteiger partial charge is 1.00 e. The van der Waals surface area contributed by atoms with Gasteiger partial charge in [0, 0.05) is 11.8 Å². The zero-order valence-corrected chi connectivity index (χ0v) is 23.2. The summed E-state index contributed by atoms with van der Waals surface area (Å²) in [7, 11) is 0. The van der Waals surface area contributed by atoms with Crippen molar-refractivity contribution in [2.45, 2.75) is 18.8 Å². The molecular weight excluding hydrogens is 546 g/mol. The van der Waals surface area contributed by atoms with Gasteiger partial charge >= 0.3 is 26.2 Å². The number of rotatable bonds is 3. The molecule has 0 saturated heterocycles. The van der Waals surface area contributed by atoms with Crippen molar-refractivity contribution in [2.24, 2.45) is 5.92 Å². The normalized spacial score (nSPS) is 18.1. The van der Waals surface area contributed by atoms with Gasteiger partial charge in [-0.2, -0.15) is 0 Å². The van der Waals surface area contributed by atoms with E-state index in [-0.39, 0.29) is 51.0 Å². The number of hydrogen-bond donors (Lipinski definition) is 0. The summed E-state index contributed by atoms with van der Waals surface area (Å²) in [6.07, 6.45) is 11.4. The van der Waals surface area contributed by atoms with Gasteiger partial charge in [-0.05, 0) is 61.9 Å². The van der Waals surface area contributed by atoms with Crippen molar-refractivity contribution < 1.29 is 51.0 Å². The molecule has 35 heavy (non-hydrogen) atoms. The van der Waals surface area contributed by atoms with Crippen LogP contribution in [0.3, 0.4) is 0 Å². The summed E-state index contributed by atoms with van der Waals surface area (Å²) < 4.78 is 0. The van der Waals surface area contributed by atoms with Crippen LogP contribution in [0, 0.1) is 5.92 Å². The predicted octanol–water partition coefficient (Wildman–Crippen LogP) is 0.495. The van der Waals surface area contributed by atoms with Crippen molar-refractivity contribution in [3.8, 4) is 11.1 Å². The molecule has 0 nitrogen and oxygen atoms in total. The molecule has 2 unspecified atom stereocenters. The van der Waals surface area contributed by atoms with E-state index in [1.54, 1.807) is 5.57 Å². The van der Waals surface area contributed by atoms with E-state index in [1.807, 2.05) is 0 Å². The molecule has 0 bridgehead atoms. The van der Waals surface area contributed by atoms with Gasteiger partial charge in [0.05, 0.1) is 0 Å². The van der Waals surface area contributed by atoms with Gasteiger partial charge in [0.2, 0.25) is 0 Å². The molecule has 7 rings (SSSR count). The van der Waals surface area contributed by atoms with Crippen molar-refractivity contribution in [1.29, 1.82) is 0 Å². The first-order valence-corrected chi connectivity index (χ1v) is 11.7. The molecule has 0 fully saturated rings. The number of allylic oxidation sites excluding steroid dienone is 4. The zero-order chi connectivity index (χ0) is 21.1. The van der Waals surface area contributed by atoms with Crippen molar-refractivity contribution in [3.05, 3.63) is 131 Å². The summed E-state index contributed by atoms with van der Waals surface area (Å²) in [5.41, 5.74) is 8.93. The first-order valence-electron chi connectivity index (χ1n) is 11.7. The first kappa shape index (κ1) is 25.9. The summed E-state index contributed by atoms with van der Waals surface area (Å²) in [5, 5.41) is 5.59. The third kappa shape index (κ3) is 4.03. The van der Waals surface area contributed by atoms with Gasteiger partial charge < -0.3 is 24.8 Å². The van der Waals surface area contributed by atoms with Crippen LogP contribution >= 0.6 is 0 Å². The minimum absolute atomic E-state index is 0. The van der Waals surface area contributed by atoms with Gasteiger partial charge in [0.25, 0.3) is 0 Å². The molecule has 3 heteroatoms. The Morgan fingerprint density at radius 3 is 2.29 bits per heavy atom. The molecule has 4 aromatic rings. The van der Waals surface area contributed by atoms with E-state index in [9.17, 15) is 0 Å². The van der Waals surface area contributed by atoms with Gasteiger partial charge in [-0.1, -0.05) is 115 Å². The van der Waals surface area contributed by atoms with Crippen molar-refractivity contribution in [2.75, 3.05) is 0 Å². The van der Waals surface area contributed by atoms with Crippen LogP contribution in [0.25, 0.3) is 33.0 Å². The molecule has 0 N–H and O–H groups in total. The van der Waals surface area contributed by atoms with Gasteiger partial charge in [-0.25, -0.2) is 0 Å². The molecular formula is C32H24Cl2Zr. The molecule has 3 aliphatic rings. The average Bonchev–Trinajstić information content (AvgIpc) is 3.36. The van der Waals surface area contributed by atoms with Crippen LogP contribution in [0.1, 0.15) is 29.9 Å². The summed E-state index contributed by atoms with van der Waals surface area (Å²) >= 11 is 0. The maximum absolute atomic E-state index is 2.39. The second-order valence-corrected chi connectivity index (χ2v) is 9.18. The first-order chi connectivity index (χ1) is 15.9. The Balaban J connectivity index is 0.000000963. The molecule has 0 heterocycles. The summed E-state index contributed by atoms with van der Waals surface area (Å²) in [6.45, 7) is 0. The van der Waals surface area contributed by atoms with Crippen molar-refractivity contribution >= 4 is 21.9 Å². The second-order valence-electron chi connectivity index (χ2n) is 9.18. The number of halogens is 2. The van der Waals surface area contributed by atoms with E-state index in [4.69, 9.17) is 0 Å². The van der Waals surface area contributed by atoms with Gasteiger partial charge in [0.15, 0.2) is 0 Å². The molecule has 3 aliphatic carbocycles. The molecule has 0 spiro atoms. The molecule has 0 saturated carbocycles. The molecule has 2 atom stereocenters. The van der Waals surface area contributed by atoms with E-state index in [0.29, 0.717) is 11.8 Å². The minimum atomic E-state index is 0. The summed E-state index contributed by atoms with van der Waals surface area (Å²) in [4.78, 5) is 0. The molecule has 0 aliphatic heterocycles. The number of benzene rings is 4. The van der Waals surface area contributed by atoms with E-state index in [0.717, 1.165) is 12.8 Å². The van der Waals surface area contributed by atoms with Crippen LogP contribution in [0.4, 0.5) is 0 Å². The zero-order valence-electron chi connectivity index (χ0n) is 19.2. The molecule has 4 aromatic carbocycles. The standard InChI is InChI=1S/C32H24.2ClH.Zr/c1-2-10-22-21(9-1)17-18-31-29(27-15-7-8-16-30(27)32(22)31)20-19-28-25-13-5-3-11-23(25)24-12-4-6-14-26(24)28;;;/h1-18,25,29H,19-20H2;2*1H;/q;;;+2/p-2. The molecule has 0 aromatic heterocycles. The van der Waals surface area contributed by atoms with Crippen molar-refractivity contribution in [3.63, 3.8) is 0 Å². The Hall–Kier alpha value is -2.18. The Morgan fingerprint density at radius 2 is 1.40 bits per heavy atom. The monoisotopic (exact) mass is 568 g/mol. The summed E-state index contributed by atoms with van der Waals surface area (Å²) in [6, 6.07) is 31.6. The fourth-order valence-electron chi connectivity index (χ4n) is 6.26. The van der Waals surface area contributed by atoms with E-state index in [1.165, 1.54) is 49.0 Å². The molecule has 170 valence electrons. The van der Waals surface area contributed by atoms with Crippen LogP contribution in [0.15, 0.2) is 109 Å². The minimum Gasteiger partial charge on any atom is -1.00 e. The Labute approximate surface area is 238 Å². The van der Waals surface area contributed by atoms with Crippen LogP contribution in [-0.2, 0) is 26.2 Å². The maximum Gasteiger partial charge on any atom is 2.00 e. The van der Waals surface area contributed by atoms with Gasteiger partial charge in [-0.15, -0.1) is 0 Å². The summed E-state index contributed by atoms with van der Waals surface area (Å²) in [5.74, 6) is 0.891. The third-order valence-corrected chi connectivity index (χ3v) is 7.63. The molecule has 0 amide bonds. The van der Waals surface area contributed by atoms with Crippen LogP contribution < -0.4 is 35.3 Å². The topological polar surface area (TPSA) is 0 Å². The van der Waals surface area contributed by atoms with Crippen LogP contribution in [-0.4, -0.2) is 0 Å². The van der Waals surface area contributed by atoms with Gasteiger partial charge in [0.1, 0.15) is 0 Å². The number of fused-ring (bicyclic) bond motifs is 7. The number of hydrogen-bond acceptors (Lipinski definition) is 0.